The number of hydrogen-bond acceptors (Lipinski definition) is 4. The molecule has 0 aromatic carbocycles. The molecule has 2 atom stereocenters. The van der Waals surface area contributed by atoms with Crippen LogP contribution in [0.4, 0.5) is 5.69 Å². The van der Waals surface area contributed by atoms with Crippen molar-refractivity contribution in [1.29, 1.82) is 0 Å². The van der Waals surface area contributed by atoms with Gasteiger partial charge in [-0.3, -0.25) is 9.78 Å². The summed E-state index contributed by atoms with van der Waals surface area (Å²) >= 11 is 0. The monoisotopic (exact) mass is 262 g/mol. The minimum atomic E-state index is -0.0865. The molecule has 3 N–H and O–H groups in total. The van der Waals surface area contributed by atoms with E-state index in [1.165, 1.54) is 17.7 Å². The van der Waals surface area contributed by atoms with E-state index in [-0.39, 0.29) is 11.9 Å². The molecule has 5 nitrogen and oxygen atoms in total. The highest BCUT2D eigenvalue weighted by Crippen LogP contribution is 2.21. The molecule has 1 fully saturated rings. The van der Waals surface area contributed by atoms with Gasteiger partial charge in [-0.15, -0.1) is 0 Å². The van der Waals surface area contributed by atoms with Crippen molar-refractivity contribution in [2.24, 2.45) is 5.73 Å². The van der Waals surface area contributed by atoms with Crippen molar-refractivity contribution >= 4 is 11.6 Å². The van der Waals surface area contributed by atoms with Crippen LogP contribution in [0.15, 0.2) is 18.3 Å². The van der Waals surface area contributed by atoms with Gasteiger partial charge in [0.1, 0.15) is 5.69 Å². The van der Waals surface area contributed by atoms with Crippen molar-refractivity contribution in [3.8, 4) is 0 Å². The molecule has 104 valence electrons. The Morgan fingerprint density at radius 3 is 2.84 bits per heavy atom. The Hall–Kier alpha value is -1.62. The van der Waals surface area contributed by atoms with Crippen LogP contribution in [0, 0.1) is 0 Å². The molecule has 19 heavy (non-hydrogen) atoms. The lowest BCUT2D eigenvalue weighted by Crippen LogP contribution is -2.42. The fourth-order valence-electron chi connectivity index (χ4n) is 2.42. The highest BCUT2D eigenvalue weighted by Gasteiger charge is 2.21. The van der Waals surface area contributed by atoms with E-state index in [1.807, 2.05) is 6.07 Å². The fraction of sp³-hybridized carbons (Fsp3) is 0.571. The zero-order valence-corrected chi connectivity index (χ0v) is 11.6. The van der Waals surface area contributed by atoms with Gasteiger partial charge in [0.05, 0.1) is 0 Å². The van der Waals surface area contributed by atoms with Crippen LogP contribution >= 0.6 is 0 Å². The second-order valence-corrected chi connectivity index (χ2v) is 5.33. The number of carbonyl (C=O) groups is 1. The number of pyridine rings is 1. The molecule has 2 unspecified atom stereocenters. The molecule has 0 spiro atoms. The third-order valence-electron chi connectivity index (χ3n) is 3.56. The summed E-state index contributed by atoms with van der Waals surface area (Å²) in [5.74, 6) is -0.0865. The van der Waals surface area contributed by atoms with Gasteiger partial charge in [0, 0.05) is 38.1 Å². The molecule has 0 saturated heterocycles. The van der Waals surface area contributed by atoms with Gasteiger partial charge in [-0.1, -0.05) is 12.8 Å². The Morgan fingerprint density at radius 2 is 2.16 bits per heavy atom. The molecule has 1 aromatic heterocycles. The first-order valence-electron chi connectivity index (χ1n) is 6.78. The average molecular weight is 262 g/mol. The molecular weight excluding hydrogens is 240 g/mol. The number of anilines is 1. The Balaban J connectivity index is 2.08. The van der Waals surface area contributed by atoms with Crippen LogP contribution in [0.2, 0.25) is 0 Å². The van der Waals surface area contributed by atoms with Gasteiger partial charge in [-0.25, -0.2) is 0 Å². The van der Waals surface area contributed by atoms with Gasteiger partial charge in [-0.2, -0.15) is 0 Å². The van der Waals surface area contributed by atoms with Crippen molar-refractivity contribution in [2.75, 3.05) is 19.4 Å². The predicted molar refractivity (Wildman–Crippen MR) is 76.1 cm³/mol. The molecule has 1 aromatic rings. The summed E-state index contributed by atoms with van der Waals surface area (Å²) in [6.45, 7) is 0. The molecule has 0 bridgehead atoms. The minimum Gasteiger partial charge on any atom is -0.381 e. The first kappa shape index (κ1) is 13.8. The Kier molecular flexibility index (Phi) is 4.37. The van der Waals surface area contributed by atoms with Crippen molar-refractivity contribution in [3.05, 3.63) is 24.0 Å². The van der Waals surface area contributed by atoms with Crippen LogP contribution in [0.25, 0.3) is 0 Å². The van der Waals surface area contributed by atoms with Gasteiger partial charge in [-0.05, 0) is 25.0 Å². The van der Waals surface area contributed by atoms with E-state index < -0.39 is 0 Å². The lowest BCUT2D eigenvalue weighted by atomic mass is 9.91. The summed E-state index contributed by atoms with van der Waals surface area (Å²) in [5, 5.41) is 3.43. The molecule has 1 aliphatic carbocycles. The van der Waals surface area contributed by atoms with Crippen molar-refractivity contribution in [2.45, 2.75) is 37.8 Å². The highest BCUT2D eigenvalue weighted by atomic mass is 16.2. The quantitative estimate of drug-likeness (QED) is 0.865. The molecule has 2 rings (SSSR count). The van der Waals surface area contributed by atoms with E-state index in [4.69, 9.17) is 5.73 Å². The van der Waals surface area contributed by atoms with Crippen LogP contribution in [0.3, 0.4) is 0 Å². The third kappa shape index (κ3) is 3.44. The zero-order chi connectivity index (χ0) is 13.8. The normalized spacial score (nSPS) is 22.9. The summed E-state index contributed by atoms with van der Waals surface area (Å²) in [6, 6.07) is 4.16. The molecule has 0 aliphatic heterocycles. The first-order chi connectivity index (χ1) is 9.08. The van der Waals surface area contributed by atoms with E-state index in [2.05, 4.69) is 10.3 Å². The van der Waals surface area contributed by atoms with Gasteiger partial charge in [0.2, 0.25) is 0 Å². The third-order valence-corrected chi connectivity index (χ3v) is 3.56. The molecular formula is C14H22N4O. The van der Waals surface area contributed by atoms with Crippen LogP contribution in [0.1, 0.15) is 36.2 Å². The number of hydrogen-bond donors (Lipinski definition) is 2. The minimum absolute atomic E-state index is 0.0865. The second kappa shape index (κ2) is 6.02. The van der Waals surface area contributed by atoms with Crippen molar-refractivity contribution < 1.29 is 4.79 Å². The molecule has 5 heteroatoms. The summed E-state index contributed by atoms with van der Waals surface area (Å²) in [6.07, 6.45) is 6.22. The number of rotatable bonds is 3. The summed E-state index contributed by atoms with van der Waals surface area (Å²) in [7, 11) is 3.45. The molecule has 1 saturated carbocycles. The average Bonchev–Trinajstić information content (AvgIpc) is 2.41. The van der Waals surface area contributed by atoms with Gasteiger partial charge >= 0.3 is 0 Å². The van der Waals surface area contributed by atoms with Gasteiger partial charge in [0.25, 0.3) is 5.91 Å². The van der Waals surface area contributed by atoms with Gasteiger partial charge < -0.3 is 16.0 Å². The first-order valence-corrected chi connectivity index (χ1v) is 6.78. The largest absolute Gasteiger partial charge is 0.381 e. The molecule has 0 radical (unpaired) electrons. The van der Waals surface area contributed by atoms with Crippen LogP contribution in [-0.4, -0.2) is 42.0 Å². The maximum absolute atomic E-state index is 11.9. The van der Waals surface area contributed by atoms with E-state index in [1.54, 1.807) is 26.4 Å². The molecule has 1 amide bonds. The predicted octanol–water partition coefficient (Wildman–Crippen LogP) is 1.47. The summed E-state index contributed by atoms with van der Waals surface area (Å²) in [5.41, 5.74) is 7.50. The number of aromatic nitrogens is 1. The van der Waals surface area contributed by atoms with E-state index >= 15 is 0 Å². The van der Waals surface area contributed by atoms with Gasteiger partial charge in [0.15, 0.2) is 0 Å². The maximum Gasteiger partial charge on any atom is 0.272 e. The maximum atomic E-state index is 11.9. The Morgan fingerprint density at radius 1 is 1.42 bits per heavy atom. The SMILES string of the molecule is CN(C)C(=O)c1cc(NC2CCCCC2N)ccn1. The number of carbonyl (C=O) groups excluding carboxylic acids is 1. The number of nitrogens with one attached hydrogen (secondary N) is 1. The van der Waals surface area contributed by atoms with Crippen LogP contribution in [0.5, 0.6) is 0 Å². The van der Waals surface area contributed by atoms with Crippen molar-refractivity contribution in [3.63, 3.8) is 0 Å². The summed E-state index contributed by atoms with van der Waals surface area (Å²) < 4.78 is 0. The lowest BCUT2D eigenvalue weighted by Gasteiger charge is -2.30. The smallest absolute Gasteiger partial charge is 0.272 e. The number of nitrogens with two attached hydrogens (primary N) is 1. The van der Waals surface area contributed by atoms with E-state index in [0.717, 1.165) is 18.5 Å². The van der Waals surface area contributed by atoms with E-state index in [9.17, 15) is 4.79 Å². The molecule has 1 aliphatic rings. The second-order valence-electron chi connectivity index (χ2n) is 5.33. The number of amides is 1. The fourth-order valence-corrected chi connectivity index (χ4v) is 2.42. The zero-order valence-electron chi connectivity index (χ0n) is 11.6. The topological polar surface area (TPSA) is 71.2 Å². The van der Waals surface area contributed by atoms with Crippen LogP contribution < -0.4 is 11.1 Å². The lowest BCUT2D eigenvalue weighted by molar-refractivity contribution is 0.0822. The highest BCUT2D eigenvalue weighted by molar-refractivity contribution is 5.92. The van der Waals surface area contributed by atoms with Crippen LogP contribution in [-0.2, 0) is 0 Å². The summed E-state index contributed by atoms with van der Waals surface area (Å²) in [4.78, 5) is 17.5. The van der Waals surface area contributed by atoms with E-state index in [0.29, 0.717) is 11.7 Å². The number of nitrogens with zero attached hydrogens (tertiary/aromatic N) is 2. The Labute approximate surface area is 114 Å². The standard InChI is InChI=1S/C14H22N4O/c1-18(2)14(19)13-9-10(7-8-16-13)17-12-6-4-3-5-11(12)15/h7-9,11-12H,3-6,15H2,1-2H3,(H,16,17). The van der Waals surface area contributed by atoms with Crippen molar-refractivity contribution in [1.82, 2.24) is 9.88 Å². The Bertz CT molecular complexity index is 447. The molecule has 1 heterocycles.